The van der Waals surface area contributed by atoms with E-state index in [1.54, 1.807) is 6.92 Å². The third-order valence-electron chi connectivity index (χ3n) is 2.82. The third-order valence-corrected chi connectivity index (χ3v) is 5.47. The zero-order valence-corrected chi connectivity index (χ0v) is 11.1. The van der Waals surface area contributed by atoms with Crippen LogP contribution in [0.1, 0.15) is 26.0 Å². The van der Waals surface area contributed by atoms with Gasteiger partial charge in [-0.25, -0.2) is 18.5 Å². The van der Waals surface area contributed by atoms with Crippen molar-refractivity contribution in [2.45, 2.75) is 37.4 Å². The summed E-state index contributed by atoms with van der Waals surface area (Å²) in [6.07, 6.45) is 1.08. The Hall–Kier alpha value is -0.660. The number of nitrogens with zero attached hydrogens (tertiary/aromatic N) is 1. The monoisotopic (exact) mass is 261 g/mol. The van der Waals surface area contributed by atoms with Gasteiger partial charge in [-0.3, -0.25) is 0 Å². The van der Waals surface area contributed by atoms with Gasteiger partial charge in [-0.2, -0.15) is 0 Å². The van der Waals surface area contributed by atoms with Gasteiger partial charge in [0, 0.05) is 6.04 Å². The van der Waals surface area contributed by atoms with E-state index < -0.39 is 10.0 Å². The topological polar surface area (TPSA) is 85.1 Å². The molecule has 7 heteroatoms. The quantitative estimate of drug-likeness (QED) is 0.859. The number of primary sulfonamides is 1. The average Bonchev–Trinajstić information content (AvgIpc) is 2.53. The SMILES string of the molecule is Cc1nc(NC2CC2(C)C)sc1S(N)(=O)=O. The normalized spacial score (nSPS) is 23.1. The maximum atomic E-state index is 11.2. The molecular weight excluding hydrogens is 246 g/mol. The summed E-state index contributed by atoms with van der Waals surface area (Å²) in [7, 11) is -3.64. The molecule has 3 N–H and O–H groups in total. The van der Waals surface area contributed by atoms with Crippen LogP contribution in [0.15, 0.2) is 4.21 Å². The van der Waals surface area contributed by atoms with Gasteiger partial charge in [-0.15, -0.1) is 0 Å². The summed E-state index contributed by atoms with van der Waals surface area (Å²) in [5.74, 6) is 0. The van der Waals surface area contributed by atoms with Gasteiger partial charge in [0.15, 0.2) is 9.34 Å². The lowest BCUT2D eigenvalue weighted by Crippen LogP contribution is -2.11. The Balaban J connectivity index is 2.20. The standard InChI is InChI=1S/C9H15N3O2S2/c1-5-7(16(10,13)14)15-8(11-5)12-6-4-9(6,2)3/h6H,4H2,1-3H3,(H,11,12)(H2,10,13,14). The van der Waals surface area contributed by atoms with Gasteiger partial charge in [-0.05, 0) is 18.8 Å². The zero-order chi connectivity index (χ0) is 12.1. The first-order valence-corrected chi connectivity index (χ1v) is 7.33. The molecule has 1 aliphatic carbocycles. The largest absolute Gasteiger partial charge is 0.358 e. The number of nitrogens with two attached hydrogens (primary N) is 1. The maximum Gasteiger partial charge on any atom is 0.249 e. The van der Waals surface area contributed by atoms with Gasteiger partial charge in [0.1, 0.15) is 0 Å². The Kier molecular flexibility index (Phi) is 2.52. The molecule has 0 radical (unpaired) electrons. The van der Waals surface area contributed by atoms with Crippen LogP contribution in [0.2, 0.25) is 0 Å². The van der Waals surface area contributed by atoms with Crippen LogP contribution in [0.4, 0.5) is 5.13 Å². The van der Waals surface area contributed by atoms with Crippen molar-refractivity contribution < 1.29 is 8.42 Å². The first-order chi connectivity index (χ1) is 7.20. The fourth-order valence-electron chi connectivity index (χ4n) is 1.57. The van der Waals surface area contributed by atoms with Gasteiger partial charge >= 0.3 is 0 Å². The molecule has 1 aliphatic rings. The van der Waals surface area contributed by atoms with Crippen LogP contribution in [-0.2, 0) is 10.0 Å². The van der Waals surface area contributed by atoms with Gasteiger partial charge in [0.2, 0.25) is 10.0 Å². The highest BCUT2D eigenvalue weighted by Gasteiger charge is 2.46. The Bertz CT molecular complexity index is 519. The zero-order valence-electron chi connectivity index (χ0n) is 9.44. The Labute approximate surface area is 99.1 Å². The Morgan fingerprint density at radius 3 is 2.50 bits per heavy atom. The van der Waals surface area contributed by atoms with Crippen LogP contribution >= 0.6 is 11.3 Å². The molecule has 0 aromatic carbocycles. The lowest BCUT2D eigenvalue weighted by molar-refractivity contribution is 0.599. The fraction of sp³-hybridized carbons (Fsp3) is 0.667. The van der Waals surface area contributed by atoms with Crippen LogP contribution in [0.25, 0.3) is 0 Å². The number of aryl methyl sites for hydroxylation is 1. The maximum absolute atomic E-state index is 11.2. The van der Waals surface area contributed by atoms with Crippen molar-refractivity contribution in [3.63, 3.8) is 0 Å². The molecule has 16 heavy (non-hydrogen) atoms. The van der Waals surface area contributed by atoms with Crippen molar-refractivity contribution in [3.8, 4) is 0 Å². The van der Waals surface area contributed by atoms with Gasteiger partial charge in [0.25, 0.3) is 0 Å². The molecule has 0 bridgehead atoms. The number of aromatic nitrogens is 1. The summed E-state index contributed by atoms with van der Waals surface area (Å²) in [5.41, 5.74) is 0.745. The molecule has 1 atom stereocenters. The molecular formula is C9H15N3O2S2. The number of rotatable bonds is 3. The van der Waals surface area contributed by atoms with Crippen LogP contribution in [-0.4, -0.2) is 19.4 Å². The molecule has 1 unspecified atom stereocenters. The summed E-state index contributed by atoms with van der Waals surface area (Å²) in [4.78, 5) is 4.17. The number of nitrogens with one attached hydrogen (secondary N) is 1. The van der Waals surface area contributed by atoms with Crippen molar-refractivity contribution in [1.29, 1.82) is 0 Å². The molecule has 2 rings (SSSR count). The molecule has 0 amide bonds. The Morgan fingerprint density at radius 2 is 2.12 bits per heavy atom. The van der Waals surface area contributed by atoms with E-state index in [2.05, 4.69) is 24.1 Å². The molecule has 0 spiro atoms. The molecule has 1 saturated carbocycles. The minimum atomic E-state index is -3.64. The predicted molar refractivity (Wildman–Crippen MR) is 64.0 cm³/mol. The first-order valence-electron chi connectivity index (χ1n) is 4.97. The second kappa shape index (κ2) is 3.41. The van der Waals surface area contributed by atoms with Gasteiger partial charge in [-0.1, -0.05) is 25.2 Å². The second-order valence-electron chi connectivity index (χ2n) is 4.83. The van der Waals surface area contributed by atoms with E-state index >= 15 is 0 Å². The lowest BCUT2D eigenvalue weighted by Gasteiger charge is -2.03. The number of hydrogen-bond donors (Lipinski definition) is 2. The van der Waals surface area contributed by atoms with Crippen molar-refractivity contribution in [1.82, 2.24) is 4.98 Å². The van der Waals surface area contributed by atoms with Crippen molar-refractivity contribution >= 4 is 26.5 Å². The molecule has 0 saturated heterocycles. The molecule has 90 valence electrons. The highest BCUT2D eigenvalue weighted by Crippen LogP contribution is 2.47. The minimum absolute atomic E-state index is 0.147. The van der Waals surface area contributed by atoms with E-state index in [-0.39, 0.29) is 9.62 Å². The van der Waals surface area contributed by atoms with Crippen LogP contribution < -0.4 is 10.5 Å². The van der Waals surface area contributed by atoms with Crippen molar-refractivity contribution in [2.24, 2.45) is 10.6 Å². The van der Waals surface area contributed by atoms with Crippen LogP contribution in [0.3, 0.4) is 0 Å². The van der Waals surface area contributed by atoms with E-state index in [1.165, 1.54) is 0 Å². The smallest absolute Gasteiger partial charge is 0.249 e. The number of sulfonamides is 1. The molecule has 1 aromatic rings. The molecule has 1 aromatic heterocycles. The van der Waals surface area contributed by atoms with E-state index in [0.717, 1.165) is 17.8 Å². The number of thiazole rings is 1. The fourth-order valence-corrected chi connectivity index (χ4v) is 3.48. The van der Waals surface area contributed by atoms with Gasteiger partial charge < -0.3 is 5.32 Å². The summed E-state index contributed by atoms with van der Waals surface area (Å²) in [5, 5.41) is 8.95. The lowest BCUT2D eigenvalue weighted by atomic mass is 10.2. The van der Waals surface area contributed by atoms with E-state index in [1.807, 2.05) is 0 Å². The summed E-state index contributed by atoms with van der Waals surface area (Å²) in [6, 6.07) is 0.381. The van der Waals surface area contributed by atoms with E-state index in [4.69, 9.17) is 5.14 Å². The number of hydrogen-bond acceptors (Lipinski definition) is 5. The predicted octanol–water partition coefficient (Wildman–Crippen LogP) is 1.31. The van der Waals surface area contributed by atoms with E-state index in [0.29, 0.717) is 16.9 Å². The van der Waals surface area contributed by atoms with Crippen molar-refractivity contribution in [2.75, 3.05) is 5.32 Å². The van der Waals surface area contributed by atoms with Crippen LogP contribution in [0.5, 0.6) is 0 Å². The first kappa shape index (κ1) is 11.8. The second-order valence-corrected chi connectivity index (χ2v) is 7.58. The third kappa shape index (κ3) is 2.21. The highest BCUT2D eigenvalue weighted by atomic mass is 32.2. The molecule has 0 aliphatic heterocycles. The molecule has 1 heterocycles. The number of anilines is 1. The minimum Gasteiger partial charge on any atom is -0.358 e. The molecule has 1 fully saturated rings. The van der Waals surface area contributed by atoms with Crippen molar-refractivity contribution in [3.05, 3.63) is 5.69 Å². The highest BCUT2D eigenvalue weighted by molar-refractivity contribution is 7.91. The van der Waals surface area contributed by atoms with E-state index in [9.17, 15) is 8.42 Å². The Morgan fingerprint density at radius 1 is 1.56 bits per heavy atom. The van der Waals surface area contributed by atoms with Gasteiger partial charge in [0.05, 0.1) is 5.69 Å². The summed E-state index contributed by atoms with van der Waals surface area (Å²) in [6.45, 7) is 5.97. The summed E-state index contributed by atoms with van der Waals surface area (Å²) < 4.78 is 22.6. The average molecular weight is 261 g/mol. The molecule has 5 nitrogen and oxygen atoms in total. The summed E-state index contributed by atoms with van der Waals surface area (Å²) >= 11 is 1.10. The van der Waals surface area contributed by atoms with Crippen LogP contribution in [0, 0.1) is 12.3 Å².